The average molecular weight is 291 g/mol. The first kappa shape index (κ1) is 16.0. The van der Waals surface area contributed by atoms with Crippen molar-refractivity contribution in [1.82, 2.24) is 5.32 Å². The van der Waals surface area contributed by atoms with Gasteiger partial charge in [0, 0.05) is 18.1 Å². The summed E-state index contributed by atoms with van der Waals surface area (Å²) in [5.41, 5.74) is 0.304. The SMILES string of the molecule is CNC(CCCS(C)(=O)=O)Cc1cccc(F)c1F. The molecule has 1 aromatic carbocycles. The highest BCUT2D eigenvalue weighted by Crippen LogP contribution is 2.15. The maximum atomic E-state index is 13.5. The molecular weight excluding hydrogens is 272 g/mol. The van der Waals surface area contributed by atoms with E-state index >= 15 is 0 Å². The molecule has 3 nitrogen and oxygen atoms in total. The van der Waals surface area contributed by atoms with Crippen molar-refractivity contribution >= 4 is 9.84 Å². The van der Waals surface area contributed by atoms with Gasteiger partial charge < -0.3 is 5.32 Å². The van der Waals surface area contributed by atoms with Crippen molar-refractivity contribution in [2.24, 2.45) is 0 Å². The molecule has 19 heavy (non-hydrogen) atoms. The van der Waals surface area contributed by atoms with Crippen LogP contribution in [0.5, 0.6) is 0 Å². The molecule has 0 aliphatic carbocycles. The summed E-state index contributed by atoms with van der Waals surface area (Å²) in [6, 6.07) is 4.02. The molecular formula is C13H19F2NO2S. The lowest BCUT2D eigenvalue weighted by molar-refractivity contribution is 0.470. The van der Waals surface area contributed by atoms with E-state index in [1.54, 1.807) is 13.1 Å². The Labute approximate surface area is 112 Å². The molecule has 1 N–H and O–H groups in total. The van der Waals surface area contributed by atoms with Gasteiger partial charge in [-0.3, -0.25) is 0 Å². The highest BCUT2D eigenvalue weighted by atomic mass is 32.2. The fourth-order valence-corrected chi connectivity index (χ4v) is 2.60. The summed E-state index contributed by atoms with van der Waals surface area (Å²) in [4.78, 5) is 0. The zero-order valence-electron chi connectivity index (χ0n) is 11.1. The Balaban J connectivity index is 2.59. The smallest absolute Gasteiger partial charge is 0.162 e. The van der Waals surface area contributed by atoms with Crippen molar-refractivity contribution in [3.63, 3.8) is 0 Å². The van der Waals surface area contributed by atoms with E-state index in [0.29, 0.717) is 24.8 Å². The summed E-state index contributed by atoms with van der Waals surface area (Å²) in [6.07, 6.45) is 2.62. The van der Waals surface area contributed by atoms with Gasteiger partial charge in [0.05, 0.1) is 0 Å². The Bertz CT molecular complexity index is 517. The van der Waals surface area contributed by atoms with Gasteiger partial charge in [-0.15, -0.1) is 0 Å². The second kappa shape index (κ2) is 6.96. The summed E-state index contributed by atoms with van der Waals surface area (Å²) >= 11 is 0. The zero-order valence-corrected chi connectivity index (χ0v) is 11.9. The lowest BCUT2D eigenvalue weighted by Gasteiger charge is -2.16. The Morgan fingerprint density at radius 3 is 2.58 bits per heavy atom. The van der Waals surface area contributed by atoms with E-state index in [9.17, 15) is 17.2 Å². The van der Waals surface area contributed by atoms with Crippen LogP contribution in [0.2, 0.25) is 0 Å². The number of hydrogen-bond acceptors (Lipinski definition) is 3. The summed E-state index contributed by atoms with van der Waals surface area (Å²) < 4.78 is 48.6. The van der Waals surface area contributed by atoms with Crippen molar-refractivity contribution < 1.29 is 17.2 Å². The minimum atomic E-state index is -2.98. The number of rotatable bonds is 7. The van der Waals surface area contributed by atoms with E-state index in [1.165, 1.54) is 12.3 Å². The Morgan fingerprint density at radius 1 is 1.32 bits per heavy atom. The van der Waals surface area contributed by atoms with Crippen LogP contribution in [0.1, 0.15) is 18.4 Å². The van der Waals surface area contributed by atoms with Gasteiger partial charge >= 0.3 is 0 Å². The second-order valence-electron chi connectivity index (χ2n) is 4.67. The van der Waals surface area contributed by atoms with E-state index in [0.717, 1.165) is 6.07 Å². The van der Waals surface area contributed by atoms with Crippen molar-refractivity contribution in [3.05, 3.63) is 35.4 Å². The number of halogens is 2. The number of sulfone groups is 1. The first-order valence-corrected chi connectivity index (χ1v) is 8.17. The monoisotopic (exact) mass is 291 g/mol. The fraction of sp³-hybridized carbons (Fsp3) is 0.538. The second-order valence-corrected chi connectivity index (χ2v) is 6.93. The van der Waals surface area contributed by atoms with Gasteiger partial charge in [0.25, 0.3) is 0 Å². The van der Waals surface area contributed by atoms with Gasteiger partial charge in [-0.2, -0.15) is 0 Å². The molecule has 0 radical (unpaired) electrons. The third-order valence-corrected chi connectivity index (χ3v) is 4.00. The van der Waals surface area contributed by atoms with E-state index in [-0.39, 0.29) is 11.8 Å². The van der Waals surface area contributed by atoms with Crippen molar-refractivity contribution in [2.75, 3.05) is 19.1 Å². The lowest BCUT2D eigenvalue weighted by atomic mass is 10.0. The van der Waals surface area contributed by atoms with Crippen molar-refractivity contribution in [3.8, 4) is 0 Å². The van der Waals surface area contributed by atoms with Gasteiger partial charge in [0.15, 0.2) is 11.6 Å². The molecule has 0 spiro atoms. The van der Waals surface area contributed by atoms with Crippen LogP contribution in [0.3, 0.4) is 0 Å². The minimum absolute atomic E-state index is 0.0713. The third kappa shape index (κ3) is 5.65. The van der Waals surface area contributed by atoms with E-state index < -0.39 is 21.5 Å². The van der Waals surface area contributed by atoms with Crippen LogP contribution in [-0.4, -0.2) is 33.5 Å². The summed E-state index contributed by atoms with van der Waals surface area (Å²) in [5, 5.41) is 3.00. The predicted octanol–water partition coefficient (Wildman–Crippen LogP) is 1.92. The van der Waals surface area contributed by atoms with Gasteiger partial charge in [-0.25, -0.2) is 17.2 Å². The van der Waals surface area contributed by atoms with Crippen LogP contribution in [0.25, 0.3) is 0 Å². The molecule has 0 bridgehead atoms. The van der Waals surface area contributed by atoms with E-state index in [4.69, 9.17) is 0 Å². The maximum absolute atomic E-state index is 13.5. The highest BCUT2D eigenvalue weighted by molar-refractivity contribution is 7.90. The van der Waals surface area contributed by atoms with Crippen LogP contribution in [0, 0.1) is 11.6 Å². The maximum Gasteiger partial charge on any atom is 0.162 e. The van der Waals surface area contributed by atoms with Crippen molar-refractivity contribution in [1.29, 1.82) is 0 Å². The molecule has 0 heterocycles. The molecule has 1 aromatic rings. The minimum Gasteiger partial charge on any atom is -0.317 e. The topological polar surface area (TPSA) is 46.2 Å². The molecule has 0 aromatic heterocycles. The quantitative estimate of drug-likeness (QED) is 0.835. The summed E-state index contributed by atoms with van der Waals surface area (Å²) in [6.45, 7) is 0. The Kier molecular flexibility index (Phi) is 5.87. The van der Waals surface area contributed by atoms with E-state index in [2.05, 4.69) is 5.32 Å². The molecule has 6 heteroatoms. The predicted molar refractivity (Wildman–Crippen MR) is 71.9 cm³/mol. The lowest BCUT2D eigenvalue weighted by Crippen LogP contribution is -2.28. The molecule has 1 rings (SSSR count). The molecule has 0 saturated carbocycles. The highest BCUT2D eigenvalue weighted by Gasteiger charge is 2.14. The van der Waals surface area contributed by atoms with Gasteiger partial charge in [-0.1, -0.05) is 12.1 Å². The zero-order chi connectivity index (χ0) is 14.5. The molecule has 0 fully saturated rings. The summed E-state index contributed by atoms with van der Waals surface area (Å²) in [5.74, 6) is -1.58. The first-order chi connectivity index (χ1) is 8.83. The van der Waals surface area contributed by atoms with Crippen LogP contribution < -0.4 is 5.32 Å². The molecule has 1 unspecified atom stereocenters. The van der Waals surface area contributed by atoms with Gasteiger partial charge in [-0.05, 0) is 37.9 Å². The van der Waals surface area contributed by atoms with Crippen LogP contribution in [0.4, 0.5) is 8.78 Å². The summed E-state index contributed by atoms with van der Waals surface area (Å²) in [7, 11) is -1.25. The van der Waals surface area contributed by atoms with Crippen molar-refractivity contribution in [2.45, 2.75) is 25.3 Å². The molecule has 0 aliphatic heterocycles. The normalized spacial score (nSPS) is 13.5. The standard InChI is InChI=1S/C13H19F2NO2S/c1-16-11(6-4-8-19(2,17)18)9-10-5-3-7-12(14)13(10)15/h3,5,7,11,16H,4,6,8-9H2,1-2H3. The van der Waals surface area contributed by atoms with Crippen LogP contribution in [-0.2, 0) is 16.3 Å². The molecule has 0 amide bonds. The molecule has 0 saturated heterocycles. The number of hydrogen-bond donors (Lipinski definition) is 1. The largest absolute Gasteiger partial charge is 0.317 e. The van der Waals surface area contributed by atoms with Crippen LogP contribution >= 0.6 is 0 Å². The van der Waals surface area contributed by atoms with E-state index in [1.807, 2.05) is 0 Å². The average Bonchev–Trinajstić information content (AvgIpc) is 2.32. The number of benzene rings is 1. The van der Waals surface area contributed by atoms with Gasteiger partial charge in [0.1, 0.15) is 9.84 Å². The first-order valence-electron chi connectivity index (χ1n) is 6.11. The molecule has 108 valence electrons. The van der Waals surface area contributed by atoms with Gasteiger partial charge in [0.2, 0.25) is 0 Å². The number of likely N-dealkylation sites (N-methyl/N-ethyl adjacent to an activating group) is 1. The molecule has 1 atom stereocenters. The Morgan fingerprint density at radius 2 is 2.00 bits per heavy atom. The number of nitrogens with one attached hydrogen (secondary N) is 1. The third-order valence-electron chi connectivity index (χ3n) is 2.97. The Hall–Kier alpha value is -1.01. The molecule has 0 aliphatic rings. The fourth-order valence-electron chi connectivity index (χ4n) is 1.91. The van der Waals surface area contributed by atoms with Crippen LogP contribution in [0.15, 0.2) is 18.2 Å².